The fourth-order valence-electron chi connectivity index (χ4n) is 2.97. The van der Waals surface area contributed by atoms with Gasteiger partial charge in [-0.2, -0.15) is 9.57 Å². The highest BCUT2D eigenvalue weighted by atomic mass is 32.2. The highest BCUT2D eigenvalue weighted by Gasteiger charge is 2.26. The van der Waals surface area contributed by atoms with Crippen molar-refractivity contribution in [1.82, 2.24) is 9.62 Å². The third-order valence-electron chi connectivity index (χ3n) is 4.62. The van der Waals surface area contributed by atoms with Gasteiger partial charge in [-0.3, -0.25) is 4.79 Å². The molecule has 1 amide bonds. The number of methoxy groups -OCH3 is 1. The van der Waals surface area contributed by atoms with Crippen LogP contribution < -0.4 is 5.32 Å². The molecule has 1 fully saturated rings. The number of nitrogens with zero attached hydrogens (tertiary/aromatic N) is 2. The third kappa shape index (κ3) is 5.59. The molecule has 1 saturated heterocycles. The van der Waals surface area contributed by atoms with E-state index in [0.717, 1.165) is 0 Å². The Morgan fingerprint density at radius 1 is 1.23 bits per heavy atom. The summed E-state index contributed by atoms with van der Waals surface area (Å²) in [5.41, 5.74) is 0.576. The predicted molar refractivity (Wildman–Crippen MR) is 112 cm³/mol. The fraction of sp³-hybridized carbons (Fsp3) is 0.333. The number of nitrogens with one attached hydrogen (secondary N) is 1. The van der Waals surface area contributed by atoms with Crippen LogP contribution in [0.5, 0.6) is 0 Å². The number of morpholine rings is 1. The van der Waals surface area contributed by atoms with E-state index in [2.05, 4.69) is 5.32 Å². The molecule has 31 heavy (non-hydrogen) atoms. The Kier molecular flexibility index (Phi) is 7.59. The standard InChI is InChI=1S/C21H23N3O6S/c1-28-11-8-23-21(25)17(15-22)14-18-4-7-20(30-18)16-2-5-19(6-3-16)31(26,27)24-9-12-29-13-10-24/h2-7,14H,8-13H2,1H3,(H,23,25)/b17-14+. The molecule has 1 aromatic heterocycles. The number of sulfonamides is 1. The lowest BCUT2D eigenvalue weighted by Gasteiger charge is -2.26. The average Bonchev–Trinajstić information content (AvgIpc) is 3.27. The monoisotopic (exact) mass is 445 g/mol. The van der Waals surface area contributed by atoms with E-state index in [1.807, 2.05) is 6.07 Å². The summed E-state index contributed by atoms with van der Waals surface area (Å²) in [6.45, 7) is 2.06. The second-order valence-electron chi connectivity index (χ2n) is 6.66. The molecule has 1 aliphatic heterocycles. The molecule has 0 unspecified atom stereocenters. The summed E-state index contributed by atoms with van der Waals surface area (Å²) in [6, 6.07) is 11.5. The molecule has 0 aliphatic carbocycles. The number of ether oxygens (including phenoxy) is 2. The van der Waals surface area contributed by atoms with Crippen LogP contribution in [0.15, 0.2) is 51.3 Å². The molecule has 1 N–H and O–H groups in total. The molecule has 3 rings (SSSR count). The van der Waals surface area contributed by atoms with Crippen molar-refractivity contribution in [3.05, 3.63) is 47.7 Å². The van der Waals surface area contributed by atoms with Crippen LogP contribution in [0.2, 0.25) is 0 Å². The summed E-state index contributed by atoms with van der Waals surface area (Å²) < 4.78 is 42.6. The molecule has 0 bridgehead atoms. The Morgan fingerprint density at radius 3 is 2.58 bits per heavy atom. The van der Waals surface area contributed by atoms with Gasteiger partial charge in [0.2, 0.25) is 10.0 Å². The molecule has 0 saturated carbocycles. The second kappa shape index (κ2) is 10.4. The zero-order valence-corrected chi connectivity index (χ0v) is 17.9. The molecule has 10 heteroatoms. The maximum absolute atomic E-state index is 12.7. The van der Waals surface area contributed by atoms with Gasteiger partial charge in [0.25, 0.3) is 5.91 Å². The minimum Gasteiger partial charge on any atom is -0.457 e. The normalized spacial score (nSPS) is 15.4. The van der Waals surface area contributed by atoms with Crippen LogP contribution in [0.3, 0.4) is 0 Å². The summed E-state index contributed by atoms with van der Waals surface area (Å²) in [5.74, 6) is 0.298. The minimum absolute atomic E-state index is 0.0936. The molecule has 1 aliphatic rings. The topological polar surface area (TPSA) is 122 Å². The van der Waals surface area contributed by atoms with Crippen LogP contribution in [0.4, 0.5) is 0 Å². The summed E-state index contributed by atoms with van der Waals surface area (Å²) >= 11 is 0. The number of benzene rings is 1. The first-order chi connectivity index (χ1) is 15.0. The molecule has 2 heterocycles. The number of rotatable bonds is 8. The van der Waals surface area contributed by atoms with Gasteiger partial charge in [0, 0.05) is 38.4 Å². The number of carbonyl (C=O) groups is 1. The molecule has 2 aromatic rings. The zero-order chi connectivity index (χ0) is 22.3. The lowest BCUT2D eigenvalue weighted by molar-refractivity contribution is -0.117. The first-order valence-corrected chi connectivity index (χ1v) is 11.1. The molecular weight excluding hydrogens is 422 g/mol. The highest BCUT2D eigenvalue weighted by molar-refractivity contribution is 7.89. The van der Waals surface area contributed by atoms with E-state index in [0.29, 0.717) is 50.0 Å². The number of nitriles is 1. The van der Waals surface area contributed by atoms with Crippen molar-refractivity contribution in [1.29, 1.82) is 5.26 Å². The van der Waals surface area contributed by atoms with Crippen LogP contribution in [0, 0.1) is 11.3 Å². The first kappa shape index (κ1) is 22.7. The highest BCUT2D eigenvalue weighted by Crippen LogP contribution is 2.26. The summed E-state index contributed by atoms with van der Waals surface area (Å²) in [5, 5.41) is 11.8. The Morgan fingerprint density at radius 2 is 1.94 bits per heavy atom. The van der Waals surface area contributed by atoms with Gasteiger partial charge < -0.3 is 19.2 Å². The van der Waals surface area contributed by atoms with Gasteiger partial charge in [-0.05, 0) is 36.4 Å². The smallest absolute Gasteiger partial charge is 0.262 e. The maximum Gasteiger partial charge on any atom is 0.262 e. The summed E-state index contributed by atoms with van der Waals surface area (Å²) in [7, 11) is -2.05. The Bertz CT molecular complexity index is 1080. The van der Waals surface area contributed by atoms with Crippen molar-refractivity contribution < 1.29 is 27.1 Å². The summed E-state index contributed by atoms with van der Waals surface area (Å²) in [4.78, 5) is 12.2. The van der Waals surface area contributed by atoms with E-state index in [1.165, 1.54) is 29.6 Å². The molecule has 1 aromatic carbocycles. The van der Waals surface area contributed by atoms with E-state index in [4.69, 9.17) is 13.9 Å². The Balaban J connectivity index is 1.73. The lowest BCUT2D eigenvalue weighted by atomic mass is 10.2. The van der Waals surface area contributed by atoms with Gasteiger partial charge in [0.15, 0.2) is 0 Å². The minimum atomic E-state index is -3.57. The Hall–Kier alpha value is -2.97. The predicted octanol–water partition coefficient (Wildman–Crippen LogP) is 1.64. The van der Waals surface area contributed by atoms with Crippen molar-refractivity contribution >= 4 is 22.0 Å². The SMILES string of the molecule is COCCNC(=O)/C(C#N)=C/c1ccc(-c2ccc(S(=O)(=O)N3CCOCC3)cc2)o1. The molecular formula is C21H23N3O6S. The van der Waals surface area contributed by atoms with E-state index in [1.54, 1.807) is 24.3 Å². The zero-order valence-electron chi connectivity index (χ0n) is 17.0. The second-order valence-corrected chi connectivity index (χ2v) is 8.60. The lowest BCUT2D eigenvalue weighted by Crippen LogP contribution is -2.40. The molecule has 0 spiro atoms. The van der Waals surface area contributed by atoms with E-state index in [9.17, 15) is 18.5 Å². The van der Waals surface area contributed by atoms with Gasteiger partial charge in [0.05, 0.1) is 24.7 Å². The fourth-order valence-corrected chi connectivity index (χ4v) is 4.37. The van der Waals surface area contributed by atoms with Gasteiger partial charge in [-0.25, -0.2) is 8.42 Å². The van der Waals surface area contributed by atoms with Crippen molar-refractivity contribution in [2.75, 3.05) is 46.6 Å². The number of carbonyl (C=O) groups excluding carboxylic acids is 1. The van der Waals surface area contributed by atoms with E-state index in [-0.39, 0.29) is 17.0 Å². The first-order valence-electron chi connectivity index (χ1n) is 9.63. The molecule has 9 nitrogen and oxygen atoms in total. The molecule has 0 radical (unpaired) electrons. The van der Waals surface area contributed by atoms with Crippen molar-refractivity contribution in [3.8, 4) is 17.4 Å². The van der Waals surface area contributed by atoms with Gasteiger partial charge in [-0.1, -0.05) is 0 Å². The quantitative estimate of drug-likeness (QED) is 0.372. The van der Waals surface area contributed by atoms with Crippen LogP contribution in [-0.2, 0) is 24.3 Å². The van der Waals surface area contributed by atoms with Crippen molar-refractivity contribution in [3.63, 3.8) is 0 Å². The van der Waals surface area contributed by atoms with Crippen LogP contribution in [0.25, 0.3) is 17.4 Å². The van der Waals surface area contributed by atoms with Crippen LogP contribution in [-0.4, -0.2) is 65.2 Å². The van der Waals surface area contributed by atoms with Crippen molar-refractivity contribution in [2.45, 2.75) is 4.90 Å². The largest absolute Gasteiger partial charge is 0.457 e. The number of hydrogen-bond donors (Lipinski definition) is 1. The average molecular weight is 445 g/mol. The van der Waals surface area contributed by atoms with E-state index >= 15 is 0 Å². The van der Waals surface area contributed by atoms with Crippen molar-refractivity contribution in [2.24, 2.45) is 0 Å². The van der Waals surface area contributed by atoms with Crippen LogP contribution >= 0.6 is 0 Å². The third-order valence-corrected chi connectivity index (χ3v) is 6.53. The number of hydrogen-bond acceptors (Lipinski definition) is 7. The molecule has 0 atom stereocenters. The van der Waals surface area contributed by atoms with Gasteiger partial charge in [-0.15, -0.1) is 0 Å². The van der Waals surface area contributed by atoms with E-state index < -0.39 is 15.9 Å². The van der Waals surface area contributed by atoms with Crippen LogP contribution in [0.1, 0.15) is 5.76 Å². The summed E-state index contributed by atoms with van der Waals surface area (Å²) in [6.07, 6.45) is 1.35. The Labute approximate surface area is 180 Å². The molecule has 164 valence electrons. The number of furan rings is 1. The van der Waals surface area contributed by atoms with Gasteiger partial charge >= 0.3 is 0 Å². The number of amides is 1. The maximum atomic E-state index is 12.7. The van der Waals surface area contributed by atoms with Gasteiger partial charge in [0.1, 0.15) is 23.2 Å².